The molecule has 0 fully saturated rings. The van der Waals surface area contributed by atoms with Crippen molar-refractivity contribution in [3.63, 3.8) is 0 Å². The topological polar surface area (TPSA) is 98.8 Å². The quantitative estimate of drug-likeness (QED) is 0.815. The third-order valence-electron chi connectivity index (χ3n) is 2.16. The van der Waals surface area contributed by atoms with E-state index < -0.39 is 22.0 Å². The molecule has 0 radical (unpaired) electrons. The van der Waals surface area contributed by atoms with Gasteiger partial charge in [0.2, 0.25) is 10.0 Å². The summed E-state index contributed by atoms with van der Waals surface area (Å²) in [5.74, 6) is -1.53. The summed E-state index contributed by atoms with van der Waals surface area (Å²) in [4.78, 5) is 23.1. The lowest BCUT2D eigenvalue weighted by Crippen LogP contribution is -2.18. The Morgan fingerprint density at radius 2 is 1.47 bits per heavy atom. The predicted molar refractivity (Wildman–Crippen MR) is 67.6 cm³/mol. The average Bonchev–Trinajstić information content (AvgIpc) is 2.35. The number of methoxy groups -OCH3 is 2. The van der Waals surface area contributed by atoms with Crippen LogP contribution >= 0.6 is 0 Å². The number of nitrogens with one attached hydrogen (secondary N) is 1. The molecule has 0 amide bonds. The largest absolute Gasteiger partial charge is 0.465 e. The number of carbonyl (C=O) groups is 2. The number of para-hydroxylation sites is 1. The third kappa shape index (κ3) is 3.68. The summed E-state index contributed by atoms with van der Waals surface area (Å²) in [5.41, 5.74) is -0.310. The molecule has 0 aliphatic carbocycles. The van der Waals surface area contributed by atoms with Crippen LogP contribution in [0.1, 0.15) is 20.7 Å². The molecule has 0 saturated heterocycles. The Labute approximate surface area is 110 Å². The summed E-state index contributed by atoms with van der Waals surface area (Å²) in [6.07, 6.45) is 0.905. The molecule has 7 nitrogen and oxygen atoms in total. The van der Waals surface area contributed by atoms with Gasteiger partial charge in [-0.25, -0.2) is 18.0 Å². The van der Waals surface area contributed by atoms with E-state index in [1.54, 1.807) is 0 Å². The number of sulfonamides is 1. The number of rotatable bonds is 4. The zero-order chi connectivity index (χ0) is 14.6. The summed E-state index contributed by atoms with van der Waals surface area (Å²) in [6, 6.07) is 4.10. The van der Waals surface area contributed by atoms with Crippen molar-refractivity contribution in [3.8, 4) is 0 Å². The lowest BCUT2D eigenvalue weighted by Gasteiger charge is -2.12. The molecule has 1 N–H and O–H groups in total. The lowest BCUT2D eigenvalue weighted by molar-refractivity contribution is 0.0601. The first kappa shape index (κ1) is 15.0. The van der Waals surface area contributed by atoms with Crippen LogP contribution in [-0.4, -0.2) is 40.8 Å². The summed E-state index contributed by atoms with van der Waals surface area (Å²) in [7, 11) is -1.37. The highest BCUT2D eigenvalue weighted by atomic mass is 32.2. The highest BCUT2D eigenvalue weighted by Gasteiger charge is 2.22. The maximum Gasteiger partial charge on any atom is 0.340 e. The first-order chi connectivity index (χ1) is 8.80. The summed E-state index contributed by atoms with van der Waals surface area (Å²) in [5, 5.41) is 0. The number of benzene rings is 1. The number of carbonyl (C=O) groups excluding carboxylic acids is 2. The van der Waals surface area contributed by atoms with Gasteiger partial charge >= 0.3 is 11.9 Å². The van der Waals surface area contributed by atoms with Crippen molar-refractivity contribution in [1.29, 1.82) is 0 Å². The van der Waals surface area contributed by atoms with Gasteiger partial charge in [0.1, 0.15) is 0 Å². The summed E-state index contributed by atoms with van der Waals surface area (Å²) in [6.45, 7) is 0. The van der Waals surface area contributed by atoms with Crippen molar-refractivity contribution in [3.05, 3.63) is 29.3 Å². The Morgan fingerprint density at radius 3 is 1.79 bits per heavy atom. The molecule has 0 heterocycles. The minimum atomic E-state index is -3.67. The van der Waals surface area contributed by atoms with E-state index in [0.29, 0.717) is 0 Å². The van der Waals surface area contributed by atoms with Crippen molar-refractivity contribution >= 4 is 27.6 Å². The van der Waals surface area contributed by atoms with Crippen LogP contribution in [0, 0.1) is 0 Å². The Morgan fingerprint density at radius 1 is 1.05 bits per heavy atom. The fraction of sp³-hybridized carbons (Fsp3) is 0.273. The van der Waals surface area contributed by atoms with Crippen LogP contribution in [0.5, 0.6) is 0 Å². The molecule has 0 aliphatic heterocycles. The molecule has 19 heavy (non-hydrogen) atoms. The van der Waals surface area contributed by atoms with Crippen LogP contribution in [0.4, 0.5) is 5.69 Å². The van der Waals surface area contributed by atoms with Gasteiger partial charge in [0.25, 0.3) is 0 Å². The summed E-state index contributed by atoms with van der Waals surface area (Å²) < 4.78 is 33.8. The molecule has 0 unspecified atom stereocenters. The molecule has 0 saturated carbocycles. The van der Waals surface area contributed by atoms with E-state index in [9.17, 15) is 18.0 Å². The Bertz CT molecular complexity index is 573. The van der Waals surface area contributed by atoms with Gasteiger partial charge in [0.05, 0.1) is 37.3 Å². The Kier molecular flexibility index (Phi) is 4.49. The van der Waals surface area contributed by atoms with E-state index in [2.05, 4.69) is 14.2 Å². The van der Waals surface area contributed by atoms with E-state index in [1.807, 2.05) is 0 Å². The van der Waals surface area contributed by atoms with Gasteiger partial charge in [-0.3, -0.25) is 4.72 Å². The molecule has 1 aromatic rings. The highest BCUT2D eigenvalue weighted by Crippen LogP contribution is 2.24. The monoisotopic (exact) mass is 287 g/mol. The second kappa shape index (κ2) is 5.70. The van der Waals surface area contributed by atoms with Gasteiger partial charge in [0, 0.05) is 0 Å². The van der Waals surface area contributed by atoms with Crippen LogP contribution in [0.15, 0.2) is 18.2 Å². The predicted octanol–water partition coefficient (Wildman–Crippen LogP) is 0.631. The van der Waals surface area contributed by atoms with Crippen molar-refractivity contribution in [2.24, 2.45) is 0 Å². The zero-order valence-electron chi connectivity index (χ0n) is 10.6. The summed E-state index contributed by atoms with van der Waals surface area (Å²) >= 11 is 0. The molecule has 1 aromatic carbocycles. The van der Waals surface area contributed by atoms with E-state index >= 15 is 0 Å². The molecule has 8 heteroatoms. The van der Waals surface area contributed by atoms with Crippen molar-refractivity contribution in [1.82, 2.24) is 0 Å². The van der Waals surface area contributed by atoms with Gasteiger partial charge in [-0.05, 0) is 12.1 Å². The molecule has 1 rings (SSSR count). The highest BCUT2D eigenvalue weighted by molar-refractivity contribution is 7.92. The molecule has 104 valence electrons. The molecule has 0 aliphatic rings. The second-order valence-electron chi connectivity index (χ2n) is 3.59. The fourth-order valence-electron chi connectivity index (χ4n) is 1.41. The van der Waals surface area contributed by atoms with Gasteiger partial charge in [-0.2, -0.15) is 0 Å². The number of esters is 2. The van der Waals surface area contributed by atoms with E-state index in [4.69, 9.17) is 0 Å². The maximum absolute atomic E-state index is 11.6. The normalized spacial score (nSPS) is 10.7. The lowest BCUT2D eigenvalue weighted by atomic mass is 10.1. The van der Waals surface area contributed by atoms with Crippen molar-refractivity contribution in [2.45, 2.75) is 0 Å². The molecule has 0 spiro atoms. The van der Waals surface area contributed by atoms with Gasteiger partial charge in [0.15, 0.2) is 0 Å². The van der Waals surface area contributed by atoms with Crippen molar-refractivity contribution in [2.75, 3.05) is 25.2 Å². The number of ether oxygens (including phenoxy) is 2. The van der Waals surface area contributed by atoms with E-state index in [-0.39, 0.29) is 16.8 Å². The van der Waals surface area contributed by atoms with Crippen LogP contribution in [0.2, 0.25) is 0 Å². The fourth-order valence-corrected chi connectivity index (χ4v) is 2.00. The van der Waals surface area contributed by atoms with Gasteiger partial charge in [-0.15, -0.1) is 0 Å². The maximum atomic E-state index is 11.6. The van der Waals surface area contributed by atoms with Crippen molar-refractivity contribution < 1.29 is 27.5 Å². The van der Waals surface area contributed by atoms with E-state index in [0.717, 1.165) is 20.5 Å². The second-order valence-corrected chi connectivity index (χ2v) is 5.33. The minimum absolute atomic E-state index is 0.0733. The smallest absolute Gasteiger partial charge is 0.340 e. The zero-order valence-corrected chi connectivity index (χ0v) is 11.4. The van der Waals surface area contributed by atoms with Crippen LogP contribution < -0.4 is 4.72 Å². The molecule has 0 bridgehead atoms. The van der Waals surface area contributed by atoms with E-state index in [1.165, 1.54) is 18.2 Å². The first-order valence-corrected chi connectivity index (χ1v) is 6.96. The molecular weight excluding hydrogens is 274 g/mol. The SMILES string of the molecule is COC(=O)c1cccc(C(=O)OC)c1NS(C)(=O)=O. The Balaban J connectivity index is 3.49. The van der Waals surface area contributed by atoms with Crippen LogP contribution in [0.3, 0.4) is 0 Å². The number of anilines is 1. The standard InChI is InChI=1S/C11H13NO6S/c1-17-10(13)7-5-4-6-8(11(14)18-2)9(7)12-19(3,15)16/h4-6,12H,1-3H3. The molecule has 0 atom stereocenters. The van der Waals surface area contributed by atoms with Crippen LogP contribution in [0.25, 0.3) is 0 Å². The minimum Gasteiger partial charge on any atom is -0.465 e. The third-order valence-corrected chi connectivity index (χ3v) is 2.74. The Hall–Kier alpha value is -2.09. The molecular formula is C11H13NO6S. The van der Waals surface area contributed by atoms with Gasteiger partial charge < -0.3 is 9.47 Å². The number of hydrogen-bond donors (Lipinski definition) is 1. The first-order valence-electron chi connectivity index (χ1n) is 5.07. The number of hydrogen-bond acceptors (Lipinski definition) is 6. The molecule has 0 aromatic heterocycles. The van der Waals surface area contributed by atoms with Gasteiger partial charge in [-0.1, -0.05) is 6.07 Å². The average molecular weight is 287 g/mol. The van der Waals surface area contributed by atoms with Crippen LogP contribution in [-0.2, 0) is 19.5 Å².